The molecule has 0 fully saturated rings. The highest BCUT2D eigenvalue weighted by atomic mass is 32.2. The van der Waals surface area contributed by atoms with Crippen LogP contribution in [-0.2, 0) is 18.0 Å². The Bertz CT molecular complexity index is 1110. The van der Waals surface area contributed by atoms with Gasteiger partial charge in [-0.2, -0.15) is 13.2 Å². The number of carbonyl (C=O) groups is 1. The van der Waals surface area contributed by atoms with Crippen molar-refractivity contribution in [2.75, 3.05) is 5.75 Å². The van der Waals surface area contributed by atoms with E-state index >= 15 is 0 Å². The zero-order valence-corrected chi connectivity index (χ0v) is 17.4. The predicted molar refractivity (Wildman–Crippen MR) is 105 cm³/mol. The fraction of sp³-hybridized carbons (Fsp3) is 0.368. The van der Waals surface area contributed by atoms with E-state index in [-0.39, 0.29) is 11.3 Å². The van der Waals surface area contributed by atoms with Gasteiger partial charge in [-0.05, 0) is 31.7 Å². The third-order valence-corrected chi connectivity index (χ3v) is 5.20. The molecule has 0 unspecified atom stereocenters. The van der Waals surface area contributed by atoms with Crippen LogP contribution in [0.25, 0.3) is 22.6 Å². The van der Waals surface area contributed by atoms with Crippen molar-refractivity contribution in [3.8, 4) is 17.3 Å². The van der Waals surface area contributed by atoms with Gasteiger partial charge in [0.05, 0.1) is 23.4 Å². The minimum Gasteiger partial charge on any atom is -0.478 e. The van der Waals surface area contributed by atoms with Gasteiger partial charge in [-0.25, -0.2) is 19.7 Å². The smallest absolute Gasteiger partial charge is 0.433 e. The van der Waals surface area contributed by atoms with Crippen molar-refractivity contribution in [3.05, 3.63) is 30.2 Å². The van der Waals surface area contributed by atoms with Crippen molar-refractivity contribution in [2.45, 2.75) is 37.4 Å². The summed E-state index contributed by atoms with van der Waals surface area (Å²) in [6.45, 7) is 4.77. The zero-order valence-electron chi connectivity index (χ0n) is 16.6. The molecule has 0 aromatic carbocycles. The number of thioether (sulfide) groups is 1. The van der Waals surface area contributed by atoms with Gasteiger partial charge >= 0.3 is 12.1 Å². The Morgan fingerprint density at radius 1 is 1.23 bits per heavy atom. The van der Waals surface area contributed by atoms with Gasteiger partial charge in [-0.3, -0.25) is 0 Å². The standard InChI is InChI=1S/C19H19F3N4O3S/c1-5-30-13-6-10(29-18(2,3)17(27)28)8-24-15(13)16-25-11-7-14(19(20,21)22)23-9-12(11)26(16)4/h6-9H,5H2,1-4H3,(H,27,28). The quantitative estimate of drug-likeness (QED) is 0.568. The number of hydrogen-bond acceptors (Lipinski definition) is 6. The summed E-state index contributed by atoms with van der Waals surface area (Å²) in [5.74, 6) is 0.192. The van der Waals surface area contributed by atoms with Crippen LogP contribution < -0.4 is 4.74 Å². The molecule has 0 radical (unpaired) electrons. The number of pyridine rings is 2. The first-order chi connectivity index (χ1) is 13.9. The molecule has 0 atom stereocenters. The number of imidazole rings is 1. The number of fused-ring (bicyclic) bond motifs is 1. The van der Waals surface area contributed by atoms with E-state index < -0.39 is 23.4 Å². The Labute approximate surface area is 174 Å². The Kier molecular flexibility index (Phi) is 5.68. The molecule has 0 bridgehead atoms. The predicted octanol–water partition coefficient (Wildman–Crippen LogP) is 4.40. The lowest BCUT2D eigenvalue weighted by atomic mass is 10.1. The van der Waals surface area contributed by atoms with Crippen LogP contribution in [0, 0.1) is 0 Å². The van der Waals surface area contributed by atoms with Crippen molar-refractivity contribution in [2.24, 2.45) is 7.05 Å². The molecule has 160 valence electrons. The Balaban J connectivity index is 2.09. The second-order valence-corrected chi connectivity index (χ2v) is 8.22. The molecule has 0 saturated carbocycles. The molecule has 0 aliphatic heterocycles. The largest absolute Gasteiger partial charge is 0.478 e. The summed E-state index contributed by atoms with van der Waals surface area (Å²) in [6, 6.07) is 2.55. The van der Waals surface area contributed by atoms with Crippen LogP contribution >= 0.6 is 11.8 Å². The van der Waals surface area contributed by atoms with Crippen LogP contribution in [0.4, 0.5) is 13.2 Å². The van der Waals surface area contributed by atoms with Gasteiger partial charge in [-0.15, -0.1) is 11.8 Å². The van der Waals surface area contributed by atoms with Gasteiger partial charge in [0, 0.05) is 11.9 Å². The molecule has 0 spiro atoms. The zero-order chi connectivity index (χ0) is 22.3. The number of nitrogens with zero attached hydrogens (tertiary/aromatic N) is 4. The average molecular weight is 440 g/mol. The van der Waals surface area contributed by atoms with Crippen LogP contribution in [-0.4, -0.2) is 41.9 Å². The number of halogens is 3. The van der Waals surface area contributed by atoms with E-state index in [9.17, 15) is 23.1 Å². The van der Waals surface area contributed by atoms with Crippen LogP contribution in [0.3, 0.4) is 0 Å². The fourth-order valence-corrected chi connectivity index (χ4v) is 3.50. The Morgan fingerprint density at radius 3 is 2.53 bits per heavy atom. The first-order valence-electron chi connectivity index (χ1n) is 8.89. The normalized spacial score (nSPS) is 12.4. The molecular formula is C19H19F3N4O3S. The van der Waals surface area contributed by atoms with Crippen LogP contribution in [0.5, 0.6) is 5.75 Å². The lowest BCUT2D eigenvalue weighted by Gasteiger charge is -2.22. The Morgan fingerprint density at radius 2 is 1.93 bits per heavy atom. The third-order valence-electron chi connectivity index (χ3n) is 4.28. The number of alkyl halides is 3. The number of carboxylic acid groups (broad SMARTS) is 1. The number of aromatic nitrogens is 4. The maximum absolute atomic E-state index is 13.0. The average Bonchev–Trinajstić information content (AvgIpc) is 2.97. The molecule has 7 nitrogen and oxygen atoms in total. The summed E-state index contributed by atoms with van der Waals surface area (Å²) in [5.41, 5.74) is -1.43. The maximum atomic E-state index is 13.0. The summed E-state index contributed by atoms with van der Waals surface area (Å²) in [7, 11) is 1.67. The number of hydrogen-bond donors (Lipinski definition) is 1. The summed E-state index contributed by atoms with van der Waals surface area (Å²) >= 11 is 1.43. The van der Waals surface area contributed by atoms with Crippen molar-refractivity contribution in [3.63, 3.8) is 0 Å². The molecule has 30 heavy (non-hydrogen) atoms. The molecule has 3 aromatic heterocycles. The summed E-state index contributed by atoms with van der Waals surface area (Å²) in [4.78, 5) is 24.2. The summed E-state index contributed by atoms with van der Waals surface area (Å²) < 4.78 is 46.1. The van der Waals surface area contributed by atoms with Crippen molar-refractivity contribution in [1.82, 2.24) is 19.5 Å². The van der Waals surface area contributed by atoms with E-state index in [1.165, 1.54) is 31.8 Å². The Hall–Kier alpha value is -2.82. The van der Waals surface area contributed by atoms with E-state index in [2.05, 4.69) is 15.0 Å². The summed E-state index contributed by atoms with van der Waals surface area (Å²) in [6.07, 6.45) is -2.06. The number of ether oxygens (including phenoxy) is 1. The van der Waals surface area contributed by atoms with Crippen molar-refractivity contribution >= 4 is 28.8 Å². The monoisotopic (exact) mass is 440 g/mol. The first-order valence-corrected chi connectivity index (χ1v) is 9.88. The van der Waals surface area contributed by atoms with E-state index in [1.807, 2.05) is 6.92 Å². The van der Waals surface area contributed by atoms with Crippen molar-refractivity contribution in [1.29, 1.82) is 0 Å². The SMILES string of the molecule is CCSc1cc(OC(C)(C)C(=O)O)cnc1-c1nc2cc(C(F)(F)F)ncc2n1C. The van der Waals surface area contributed by atoms with Crippen molar-refractivity contribution < 1.29 is 27.8 Å². The van der Waals surface area contributed by atoms with Crippen LogP contribution in [0.1, 0.15) is 26.5 Å². The number of aryl methyl sites for hydroxylation is 1. The fourth-order valence-electron chi connectivity index (χ4n) is 2.71. The lowest BCUT2D eigenvalue weighted by Crippen LogP contribution is -2.37. The highest BCUT2D eigenvalue weighted by molar-refractivity contribution is 7.99. The van der Waals surface area contributed by atoms with Crippen LogP contribution in [0.2, 0.25) is 0 Å². The molecule has 0 amide bonds. The minimum atomic E-state index is -4.57. The van der Waals surface area contributed by atoms with E-state index in [0.29, 0.717) is 27.7 Å². The summed E-state index contributed by atoms with van der Waals surface area (Å²) in [5, 5.41) is 9.25. The second-order valence-electron chi connectivity index (χ2n) is 6.92. The van der Waals surface area contributed by atoms with E-state index in [4.69, 9.17) is 4.74 Å². The van der Waals surface area contributed by atoms with Gasteiger partial charge in [0.15, 0.2) is 11.4 Å². The highest BCUT2D eigenvalue weighted by Crippen LogP contribution is 2.35. The molecular weight excluding hydrogens is 421 g/mol. The molecule has 1 N–H and O–H groups in total. The molecule has 3 rings (SSSR count). The van der Waals surface area contributed by atoms with Gasteiger partial charge in [0.2, 0.25) is 0 Å². The van der Waals surface area contributed by atoms with E-state index in [0.717, 1.165) is 12.3 Å². The first kappa shape index (κ1) is 21.9. The van der Waals surface area contributed by atoms with Gasteiger partial charge < -0.3 is 14.4 Å². The maximum Gasteiger partial charge on any atom is 0.433 e. The number of rotatable bonds is 6. The van der Waals surface area contributed by atoms with Gasteiger partial charge in [0.1, 0.15) is 17.1 Å². The molecule has 11 heteroatoms. The second kappa shape index (κ2) is 7.78. The lowest BCUT2D eigenvalue weighted by molar-refractivity contribution is -0.152. The third kappa shape index (κ3) is 4.20. The molecule has 3 aromatic rings. The molecule has 0 aliphatic rings. The molecule has 0 saturated heterocycles. The van der Waals surface area contributed by atoms with Gasteiger partial charge in [0.25, 0.3) is 0 Å². The topological polar surface area (TPSA) is 90.1 Å². The number of aliphatic carboxylic acids is 1. The number of carboxylic acids is 1. The van der Waals surface area contributed by atoms with Gasteiger partial charge in [-0.1, -0.05) is 6.92 Å². The molecule has 0 aliphatic carbocycles. The highest BCUT2D eigenvalue weighted by Gasteiger charge is 2.33. The van der Waals surface area contributed by atoms with Crippen LogP contribution in [0.15, 0.2) is 29.4 Å². The molecule has 3 heterocycles. The minimum absolute atomic E-state index is 0.149. The van der Waals surface area contributed by atoms with E-state index in [1.54, 1.807) is 17.7 Å².